The molecule has 2 atom stereocenters. The third-order valence-electron chi connectivity index (χ3n) is 4.91. The van der Waals surface area contributed by atoms with Crippen LogP contribution in [-0.4, -0.2) is 37.1 Å². The first kappa shape index (κ1) is 14.8. The van der Waals surface area contributed by atoms with Crippen LogP contribution in [0.2, 0.25) is 0 Å². The van der Waals surface area contributed by atoms with Gasteiger partial charge in [-0.25, -0.2) is 4.39 Å². The van der Waals surface area contributed by atoms with Crippen LogP contribution in [-0.2, 0) is 0 Å². The zero-order valence-electron chi connectivity index (χ0n) is 12.9. The Balaban J connectivity index is 1.68. The van der Waals surface area contributed by atoms with Gasteiger partial charge < -0.3 is 10.6 Å². The van der Waals surface area contributed by atoms with Gasteiger partial charge in [0.05, 0.1) is 5.69 Å². The van der Waals surface area contributed by atoms with Crippen molar-refractivity contribution in [3.63, 3.8) is 0 Å². The van der Waals surface area contributed by atoms with Crippen LogP contribution in [0, 0.1) is 5.82 Å². The van der Waals surface area contributed by atoms with E-state index in [9.17, 15) is 4.39 Å². The molecule has 0 aromatic heterocycles. The summed E-state index contributed by atoms with van der Waals surface area (Å²) < 4.78 is 14.3. The van der Waals surface area contributed by atoms with Crippen LogP contribution >= 0.6 is 0 Å². The first-order chi connectivity index (χ1) is 10.1. The standard InChI is InChI=1S/C17H26FN3/c1-13(19)14-5-6-17(16(18)11-14)21-10-7-15(12-21)20-8-3-2-4-9-20/h5-6,11,13,15H,2-4,7-10,12,19H2,1H3. The summed E-state index contributed by atoms with van der Waals surface area (Å²) in [6, 6.07) is 5.92. The Bertz CT molecular complexity index is 483. The van der Waals surface area contributed by atoms with Gasteiger partial charge in [0, 0.05) is 25.2 Å². The summed E-state index contributed by atoms with van der Waals surface area (Å²) in [7, 11) is 0. The number of benzene rings is 1. The van der Waals surface area contributed by atoms with Crippen LogP contribution in [0.4, 0.5) is 10.1 Å². The molecule has 2 heterocycles. The Morgan fingerprint density at radius 3 is 2.62 bits per heavy atom. The van der Waals surface area contributed by atoms with Crippen molar-refractivity contribution in [2.75, 3.05) is 31.1 Å². The molecule has 0 spiro atoms. The van der Waals surface area contributed by atoms with E-state index in [2.05, 4.69) is 9.80 Å². The molecule has 2 saturated heterocycles. The summed E-state index contributed by atoms with van der Waals surface area (Å²) in [5.41, 5.74) is 7.42. The van der Waals surface area contributed by atoms with Gasteiger partial charge in [0.2, 0.25) is 0 Å². The quantitative estimate of drug-likeness (QED) is 0.929. The fourth-order valence-corrected chi connectivity index (χ4v) is 3.61. The molecule has 1 aromatic rings. The van der Waals surface area contributed by atoms with E-state index in [-0.39, 0.29) is 11.9 Å². The minimum Gasteiger partial charge on any atom is -0.368 e. The number of rotatable bonds is 3. The van der Waals surface area contributed by atoms with Gasteiger partial charge in [-0.3, -0.25) is 4.90 Å². The lowest BCUT2D eigenvalue weighted by molar-refractivity contribution is 0.175. The summed E-state index contributed by atoms with van der Waals surface area (Å²) in [5, 5.41) is 0. The van der Waals surface area contributed by atoms with Crippen LogP contribution in [0.15, 0.2) is 18.2 Å². The number of nitrogens with zero attached hydrogens (tertiary/aromatic N) is 2. The molecule has 2 aliphatic heterocycles. The number of likely N-dealkylation sites (tertiary alicyclic amines) is 1. The van der Waals surface area contributed by atoms with Crippen molar-refractivity contribution >= 4 is 5.69 Å². The molecule has 21 heavy (non-hydrogen) atoms. The highest BCUT2D eigenvalue weighted by Crippen LogP contribution is 2.28. The van der Waals surface area contributed by atoms with Gasteiger partial charge in [-0.2, -0.15) is 0 Å². The molecule has 2 aliphatic rings. The highest BCUT2D eigenvalue weighted by Gasteiger charge is 2.29. The lowest BCUT2D eigenvalue weighted by Gasteiger charge is -2.32. The van der Waals surface area contributed by atoms with E-state index < -0.39 is 0 Å². The molecule has 0 bridgehead atoms. The lowest BCUT2D eigenvalue weighted by atomic mass is 10.1. The van der Waals surface area contributed by atoms with Gasteiger partial charge in [-0.1, -0.05) is 12.5 Å². The maximum absolute atomic E-state index is 14.3. The Morgan fingerprint density at radius 1 is 1.19 bits per heavy atom. The number of piperidine rings is 1. The van der Waals surface area contributed by atoms with Gasteiger partial charge in [0.25, 0.3) is 0 Å². The maximum atomic E-state index is 14.3. The first-order valence-corrected chi connectivity index (χ1v) is 8.19. The second kappa shape index (κ2) is 6.32. The van der Waals surface area contributed by atoms with Gasteiger partial charge in [0.1, 0.15) is 5.82 Å². The number of halogens is 1. The van der Waals surface area contributed by atoms with Crippen molar-refractivity contribution in [1.82, 2.24) is 4.90 Å². The van der Waals surface area contributed by atoms with Crippen molar-refractivity contribution in [2.24, 2.45) is 5.73 Å². The van der Waals surface area contributed by atoms with E-state index in [1.807, 2.05) is 19.1 Å². The highest BCUT2D eigenvalue weighted by molar-refractivity contribution is 5.50. The van der Waals surface area contributed by atoms with E-state index in [0.29, 0.717) is 6.04 Å². The number of anilines is 1. The molecule has 0 saturated carbocycles. The van der Waals surface area contributed by atoms with Gasteiger partial charge >= 0.3 is 0 Å². The average molecular weight is 291 g/mol. The maximum Gasteiger partial charge on any atom is 0.146 e. The number of hydrogen-bond donors (Lipinski definition) is 1. The molecule has 2 N–H and O–H groups in total. The predicted octanol–water partition coefficient (Wildman–Crippen LogP) is 2.91. The molecular formula is C17H26FN3. The molecule has 0 aliphatic carbocycles. The Labute approximate surface area is 126 Å². The largest absolute Gasteiger partial charge is 0.368 e. The Kier molecular flexibility index (Phi) is 4.45. The SMILES string of the molecule is CC(N)c1ccc(N2CCC(N3CCCCC3)C2)c(F)c1. The Morgan fingerprint density at radius 2 is 1.95 bits per heavy atom. The fourth-order valence-electron chi connectivity index (χ4n) is 3.61. The van der Waals surface area contributed by atoms with E-state index >= 15 is 0 Å². The monoisotopic (exact) mass is 291 g/mol. The molecule has 2 unspecified atom stereocenters. The molecule has 3 nitrogen and oxygen atoms in total. The van der Waals surface area contributed by atoms with Crippen molar-refractivity contribution in [3.8, 4) is 0 Å². The topological polar surface area (TPSA) is 32.5 Å². The second-order valence-electron chi connectivity index (χ2n) is 6.48. The molecule has 1 aromatic carbocycles. The van der Waals surface area contributed by atoms with Crippen LogP contribution in [0.3, 0.4) is 0 Å². The van der Waals surface area contributed by atoms with Crippen LogP contribution in [0.1, 0.15) is 44.2 Å². The fraction of sp³-hybridized carbons (Fsp3) is 0.647. The van der Waals surface area contributed by atoms with E-state index in [1.165, 1.54) is 32.4 Å². The average Bonchev–Trinajstić information content (AvgIpc) is 2.97. The highest BCUT2D eigenvalue weighted by atomic mass is 19.1. The second-order valence-corrected chi connectivity index (χ2v) is 6.48. The zero-order valence-corrected chi connectivity index (χ0v) is 12.9. The lowest BCUT2D eigenvalue weighted by Crippen LogP contribution is -2.40. The Hall–Kier alpha value is -1.13. The molecule has 0 radical (unpaired) electrons. The number of nitrogens with two attached hydrogens (primary N) is 1. The molecule has 0 amide bonds. The summed E-state index contributed by atoms with van der Waals surface area (Å²) in [4.78, 5) is 4.79. The molecule has 116 valence electrons. The van der Waals surface area contributed by atoms with Crippen LogP contribution in [0.25, 0.3) is 0 Å². The molecule has 4 heteroatoms. The van der Waals surface area contributed by atoms with E-state index in [1.54, 1.807) is 6.07 Å². The third kappa shape index (κ3) is 3.22. The summed E-state index contributed by atoms with van der Waals surface area (Å²) in [5.74, 6) is -0.135. The van der Waals surface area contributed by atoms with Gasteiger partial charge in [0.15, 0.2) is 0 Å². The van der Waals surface area contributed by atoms with Crippen molar-refractivity contribution in [3.05, 3.63) is 29.6 Å². The summed E-state index contributed by atoms with van der Waals surface area (Å²) in [6.45, 7) is 6.22. The zero-order chi connectivity index (χ0) is 14.8. The van der Waals surface area contributed by atoms with Gasteiger partial charge in [-0.15, -0.1) is 0 Å². The normalized spacial score (nSPS) is 25.3. The van der Waals surface area contributed by atoms with E-state index in [0.717, 1.165) is 30.8 Å². The number of hydrogen-bond acceptors (Lipinski definition) is 3. The van der Waals surface area contributed by atoms with E-state index in [4.69, 9.17) is 5.73 Å². The minimum absolute atomic E-state index is 0.117. The first-order valence-electron chi connectivity index (χ1n) is 8.19. The molecule has 3 rings (SSSR count). The van der Waals surface area contributed by atoms with Crippen molar-refractivity contribution in [1.29, 1.82) is 0 Å². The molecule has 2 fully saturated rings. The third-order valence-corrected chi connectivity index (χ3v) is 4.91. The van der Waals surface area contributed by atoms with Crippen LogP contribution < -0.4 is 10.6 Å². The van der Waals surface area contributed by atoms with Crippen molar-refractivity contribution < 1.29 is 4.39 Å². The smallest absolute Gasteiger partial charge is 0.146 e. The molecular weight excluding hydrogens is 265 g/mol. The minimum atomic E-state index is -0.135. The summed E-state index contributed by atoms with van der Waals surface area (Å²) >= 11 is 0. The van der Waals surface area contributed by atoms with Gasteiger partial charge in [-0.05, 0) is 57.0 Å². The summed E-state index contributed by atoms with van der Waals surface area (Å²) in [6.07, 6.45) is 5.14. The van der Waals surface area contributed by atoms with Crippen molar-refractivity contribution in [2.45, 2.75) is 44.7 Å². The predicted molar refractivity (Wildman–Crippen MR) is 85.0 cm³/mol. The van der Waals surface area contributed by atoms with Crippen LogP contribution in [0.5, 0.6) is 0 Å².